The van der Waals surface area contributed by atoms with Crippen molar-refractivity contribution in [1.82, 2.24) is 5.43 Å². The zero-order valence-electron chi connectivity index (χ0n) is 12.2. The maximum absolute atomic E-state index is 11.5. The average molecular weight is 291 g/mol. The van der Waals surface area contributed by atoms with Crippen LogP contribution >= 0.6 is 0 Å². The van der Waals surface area contributed by atoms with Gasteiger partial charge < -0.3 is 0 Å². The van der Waals surface area contributed by atoms with E-state index in [4.69, 9.17) is 0 Å². The molecule has 0 spiro atoms. The fourth-order valence-corrected chi connectivity index (χ4v) is 1.81. The number of non-ortho nitro benzene ring substituents is 1. The van der Waals surface area contributed by atoms with E-state index in [-0.39, 0.29) is 11.6 Å². The molecular formula is C15H21N3O3. The predicted octanol–water partition coefficient (Wildman–Crippen LogP) is 3.41. The van der Waals surface area contributed by atoms with Crippen LogP contribution in [0.4, 0.5) is 5.69 Å². The van der Waals surface area contributed by atoms with Crippen molar-refractivity contribution in [3.8, 4) is 0 Å². The lowest BCUT2D eigenvalue weighted by Gasteiger charge is -2.00. The molecular weight excluding hydrogens is 270 g/mol. The highest BCUT2D eigenvalue weighted by Crippen LogP contribution is 2.10. The van der Waals surface area contributed by atoms with Crippen LogP contribution in [-0.4, -0.2) is 17.0 Å². The molecule has 0 heterocycles. The number of unbranched alkanes of at least 4 members (excludes halogenated alkanes) is 4. The van der Waals surface area contributed by atoms with E-state index in [9.17, 15) is 14.9 Å². The first-order valence-electron chi connectivity index (χ1n) is 7.20. The van der Waals surface area contributed by atoms with Crippen molar-refractivity contribution >= 4 is 17.8 Å². The molecule has 114 valence electrons. The first-order valence-corrected chi connectivity index (χ1v) is 7.20. The van der Waals surface area contributed by atoms with Crippen molar-refractivity contribution in [2.75, 3.05) is 0 Å². The highest BCUT2D eigenvalue weighted by molar-refractivity contribution is 5.82. The van der Waals surface area contributed by atoms with Crippen molar-refractivity contribution in [2.24, 2.45) is 5.10 Å². The van der Waals surface area contributed by atoms with Crippen LogP contribution in [0.25, 0.3) is 0 Å². The Kier molecular flexibility index (Phi) is 7.71. The Labute approximate surface area is 124 Å². The number of hydrogen-bond acceptors (Lipinski definition) is 4. The minimum absolute atomic E-state index is 0.0308. The van der Waals surface area contributed by atoms with Gasteiger partial charge in [-0.1, -0.05) is 32.6 Å². The normalized spacial score (nSPS) is 10.7. The van der Waals surface area contributed by atoms with Gasteiger partial charge in [0, 0.05) is 18.6 Å². The molecule has 1 rings (SSSR count). The molecule has 1 aromatic carbocycles. The topological polar surface area (TPSA) is 84.6 Å². The Balaban J connectivity index is 2.27. The van der Waals surface area contributed by atoms with E-state index in [1.54, 1.807) is 12.1 Å². The molecule has 0 atom stereocenters. The SMILES string of the molecule is CCCCCCCC(=O)N/N=C/c1ccc([N+](=O)[O-])cc1. The quantitative estimate of drug-likeness (QED) is 0.327. The lowest BCUT2D eigenvalue weighted by molar-refractivity contribution is -0.384. The number of amides is 1. The van der Waals surface area contributed by atoms with E-state index in [0.29, 0.717) is 12.0 Å². The molecule has 0 aliphatic rings. The minimum atomic E-state index is -0.457. The van der Waals surface area contributed by atoms with Gasteiger partial charge in [-0.2, -0.15) is 5.10 Å². The zero-order chi connectivity index (χ0) is 15.5. The maximum atomic E-state index is 11.5. The van der Waals surface area contributed by atoms with Gasteiger partial charge >= 0.3 is 0 Å². The number of rotatable bonds is 9. The summed E-state index contributed by atoms with van der Waals surface area (Å²) < 4.78 is 0. The molecule has 6 nitrogen and oxygen atoms in total. The number of hydrogen-bond donors (Lipinski definition) is 1. The Hall–Kier alpha value is -2.24. The zero-order valence-corrected chi connectivity index (χ0v) is 12.2. The van der Waals surface area contributed by atoms with Crippen LogP contribution in [0.15, 0.2) is 29.4 Å². The average Bonchev–Trinajstić information content (AvgIpc) is 2.47. The van der Waals surface area contributed by atoms with Crippen molar-refractivity contribution < 1.29 is 9.72 Å². The molecule has 0 bridgehead atoms. The second-order valence-electron chi connectivity index (χ2n) is 4.81. The summed E-state index contributed by atoms with van der Waals surface area (Å²) in [6.07, 6.45) is 7.44. The summed E-state index contributed by atoms with van der Waals surface area (Å²) in [5.74, 6) is -0.107. The summed E-state index contributed by atoms with van der Waals surface area (Å²) >= 11 is 0. The Morgan fingerprint density at radius 3 is 2.52 bits per heavy atom. The van der Waals surface area contributed by atoms with Crippen LogP contribution < -0.4 is 5.43 Å². The standard InChI is InChI=1S/C15H21N3O3/c1-2-3-4-5-6-7-15(19)17-16-12-13-8-10-14(11-9-13)18(20)21/h8-12H,2-7H2,1H3,(H,17,19)/b16-12+. The van der Waals surface area contributed by atoms with Crippen LogP contribution in [0.1, 0.15) is 51.0 Å². The largest absolute Gasteiger partial charge is 0.273 e. The van der Waals surface area contributed by atoms with Gasteiger partial charge in [0.1, 0.15) is 0 Å². The summed E-state index contributed by atoms with van der Waals surface area (Å²) in [6, 6.07) is 5.96. The Morgan fingerprint density at radius 2 is 1.90 bits per heavy atom. The first kappa shape index (κ1) is 16.8. The number of nitrogens with zero attached hydrogens (tertiary/aromatic N) is 2. The van der Waals surface area contributed by atoms with Crippen molar-refractivity contribution in [1.29, 1.82) is 0 Å². The highest BCUT2D eigenvalue weighted by atomic mass is 16.6. The van der Waals surface area contributed by atoms with Crippen LogP contribution in [0.2, 0.25) is 0 Å². The van der Waals surface area contributed by atoms with Gasteiger partial charge in [-0.3, -0.25) is 14.9 Å². The van der Waals surface area contributed by atoms with E-state index in [0.717, 1.165) is 19.3 Å². The number of carbonyl (C=O) groups is 1. The second kappa shape index (κ2) is 9.63. The van der Waals surface area contributed by atoms with Crippen LogP contribution in [0.5, 0.6) is 0 Å². The molecule has 0 fully saturated rings. The minimum Gasteiger partial charge on any atom is -0.273 e. The summed E-state index contributed by atoms with van der Waals surface area (Å²) in [4.78, 5) is 21.5. The summed E-state index contributed by atoms with van der Waals surface area (Å²) in [5, 5.41) is 14.3. The smallest absolute Gasteiger partial charge is 0.269 e. The fraction of sp³-hybridized carbons (Fsp3) is 0.467. The molecule has 1 aromatic rings. The number of carbonyl (C=O) groups excluding carboxylic acids is 1. The van der Waals surface area contributed by atoms with Gasteiger partial charge in [0.15, 0.2) is 0 Å². The van der Waals surface area contributed by atoms with Gasteiger partial charge in [0.05, 0.1) is 11.1 Å². The molecule has 0 saturated carbocycles. The number of benzene rings is 1. The number of nitro groups is 1. The fourth-order valence-electron chi connectivity index (χ4n) is 1.81. The predicted molar refractivity (Wildman–Crippen MR) is 82.2 cm³/mol. The molecule has 0 aromatic heterocycles. The molecule has 0 unspecified atom stereocenters. The van der Waals surface area contributed by atoms with Gasteiger partial charge in [0.2, 0.25) is 5.91 Å². The molecule has 21 heavy (non-hydrogen) atoms. The molecule has 0 aliphatic heterocycles. The van der Waals surface area contributed by atoms with E-state index >= 15 is 0 Å². The monoisotopic (exact) mass is 291 g/mol. The number of hydrazone groups is 1. The summed E-state index contributed by atoms with van der Waals surface area (Å²) in [7, 11) is 0. The Morgan fingerprint density at radius 1 is 1.24 bits per heavy atom. The number of nitrogens with one attached hydrogen (secondary N) is 1. The second-order valence-corrected chi connectivity index (χ2v) is 4.81. The first-order chi connectivity index (χ1) is 10.1. The lowest BCUT2D eigenvalue weighted by atomic mass is 10.1. The van der Waals surface area contributed by atoms with E-state index in [2.05, 4.69) is 17.5 Å². The molecule has 0 radical (unpaired) electrons. The third-order valence-corrected chi connectivity index (χ3v) is 3.01. The van der Waals surface area contributed by atoms with E-state index in [1.165, 1.54) is 31.2 Å². The van der Waals surface area contributed by atoms with Gasteiger partial charge in [-0.15, -0.1) is 0 Å². The van der Waals surface area contributed by atoms with Gasteiger partial charge in [0.25, 0.3) is 5.69 Å². The van der Waals surface area contributed by atoms with Crippen molar-refractivity contribution in [2.45, 2.75) is 45.4 Å². The van der Waals surface area contributed by atoms with Crippen LogP contribution in [-0.2, 0) is 4.79 Å². The molecule has 6 heteroatoms. The molecule has 1 N–H and O–H groups in total. The van der Waals surface area contributed by atoms with Crippen molar-refractivity contribution in [3.05, 3.63) is 39.9 Å². The highest BCUT2D eigenvalue weighted by Gasteiger charge is 2.02. The van der Waals surface area contributed by atoms with E-state index < -0.39 is 4.92 Å². The van der Waals surface area contributed by atoms with Crippen LogP contribution in [0, 0.1) is 10.1 Å². The molecule has 0 aliphatic carbocycles. The lowest BCUT2D eigenvalue weighted by Crippen LogP contribution is -2.16. The molecule has 1 amide bonds. The van der Waals surface area contributed by atoms with Gasteiger partial charge in [-0.25, -0.2) is 5.43 Å². The molecule has 0 saturated heterocycles. The van der Waals surface area contributed by atoms with Gasteiger partial charge in [-0.05, 0) is 24.1 Å². The number of nitro benzene ring substituents is 1. The summed E-state index contributed by atoms with van der Waals surface area (Å²) in [6.45, 7) is 2.15. The van der Waals surface area contributed by atoms with Crippen LogP contribution in [0.3, 0.4) is 0 Å². The maximum Gasteiger partial charge on any atom is 0.269 e. The van der Waals surface area contributed by atoms with E-state index in [1.807, 2.05) is 0 Å². The third-order valence-electron chi connectivity index (χ3n) is 3.01. The van der Waals surface area contributed by atoms with Crippen molar-refractivity contribution in [3.63, 3.8) is 0 Å². The third kappa shape index (κ3) is 7.20. The Bertz CT molecular complexity index is 483. The summed E-state index contributed by atoms with van der Waals surface area (Å²) in [5.41, 5.74) is 3.18.